The van der Waals surface area contributed by atoms with Gasteiger partial charge in [-0.3, -0.25) is 9.69 Å². The van der Waals surface area contributed by atoms with E-state index in [1.807, 2.05) is 47.4 Å². The fraction of sp³-hybridized carbons (Fsp3) is 0.350. The van der Waals surface area contributed by atoms with E-state index in [2.05, 4.69) is 17.9 Å². The first kappa shape index (κ1) is 16.5. The third-order valence-corrected chi connectivity index (χ3v) is 4.63. The average molecular weight is 323 g/mol. The second-order valence-corrected chi connectivity index (χ2v) is 6.36. The molecule has 1 aliphatic rings. The van der Waals surface area contributed by atoms with Gasteiger partial charge in [-0.15, -0.1) is 0 Å². The minimum absolute atomic E-state index is 0.140. The van der Waals surface area contributed by atoms with Crippen molar-refractivity contribution < 1.29 is 4.79 Å². The van der Waals surface area contributed by atoms with Gasteiger partial charge in [0.1, 0.15) is 0 Å². The van der Waals surface area contributed by atoms with Gasteiger partial charge in [0.05, 0.1) is 0 Å². The van der Waals surface area contributed by atoms with E-state index in [0.29, 0.717) is 0 Å². The summed E-state index contributed by atoms with van der Waals surface area (Å²) in [6.07, 6.45) is 0.997. The van der Waals surface area contributed by atoms with Crippen molar-refractivity contribution >= 4 is 11.6 Å². The summed E-state index contributed by atoms with van der Waals surface area (Å²) in [6.45, 7) is 6.35. The number of anilines is 1. The van der Waals surface area contributed by atoms with Gasteiger partial charge in [-0.2, -0.15) is 0 Å². The number of rotatable bonds is 4. The average Bonchev–Trinajstić information content (AvgIpc) is 2.62. The molecule has 4 heteroatoms. The predicted octanol–water partition coefficient (Wildman–Crippen LogP) is 2.79. The number of aryl methyl sites for hydroxylation is 1. The Morgan fingerprint density at radius 1 is 1.00 bits per heavy atom. The highest BCUT2D eigenvalue weighted by Crippen LogP contribution is 2.14. The Balaban J connectivity index is 1.55. The summed E-state index contributed by atoms with van der Waals surface area (Å²) in [6, 6.07) is 16.0. The van der Waals surface area contributed by atoms with E-state index in [4.69, 9.17) is 5.73 Å². The zero-order valence-electron chi connectivity index (χ0n) is 14.2. The Kier molecular flexibility index (Phi) is 5.16. The Hall–Kier alpha value is -2.33. The number of amides is 1. The monoisotopic (exact) mass is 323 g/mol. The van der Waals surface area contributed by atoms with Gasteiger partial charge >= 0.3 is 0 Å². The van der Waals surface area contributed by atoms with Crippen molar-refractivity contribution in [3.05, 3.63) is 65.2 Å². The van der Waals surface area contributed by atoms with Gasteiger partial charge in [0, 0.05) is 44.0 Å². The van der Waals surface area contributed by atoms with Gasteiger partial charge in [0.25, 0.3) is 5.91 Å². The van der Waals surface area contributed by atoms with Crippen molar-refractivity contribution in [2.45, 2.75) is 19.9 Å². The molecular weight excluding hydrogens is 298 g/mol. The quantitative estimate of drug-likeness (QED) is 0.880. The number of carbonyl (C=O) groups is 1. The van der Waals surface area contributed by atoms with E-state index >= 15 is 0 Å². The number of nitrogen functional groups attached to an aromatic ring is 1. The van der Waals surface area contributed by atoms with E-state index in [1.54, 1.807) is 0 Å². The Labute approximate surface area is 143 Å². The summed E-state index contributed by atoms with van der Waals surface area (Å²) in [7, 11) is 0. The topological polar surface area (TPSA) is 49.6 Å². The third-order valence-electron chi connectivity index (χ3n) is 4.63. The highest BCUT2D eigenvalue weighted by molar-refractivity contribution is 5.94. The second kappa shape index (κ2) is 7.49. The lowest BCUT2D eigenvalue weighted by Crippen LogP contribution is -2.48. The Morgan fingerprint density at radius 3 is 2.33 bits per heavy atom. The van der Waals surface area contributed by atoms with Crippen LogP contribution in [-0.2, 0) is 13.0 Å². The number of piperazine rings is 1. The molecule has 24 heavy (non-hydrogen) atoms. The molecule has 126 valence electrons. The molecule has 2 aromatic carbocycles. The van der Waals surface area contributed by atoms with Gasteiger partial charge < -0.3 is 10.6 Å². The number of nitrogens with zero attached hydrogens (tertiary/aromatic N) is 2. The van der Waals surface area contributed by atoms with Crippen LogP contribution < -0.4 is 5.73 Å². The van der Waals surface area contributed by atoms with Gasteiger partial charge in [-0.05, 0) is 41.8 Å². The van der Waals surface area contributed by atoms with Crippen molar-refractivity contribution in [2.24, 2.45) is 0 Å². The molecule has 2 N–H and O–H groups in total. The van der Waals surface area contributed by atoms with Crippen molar-refractivity contribution in [2.75, 3.05) is 31.9 Å². The Morgan fingerprint density at radius 2 is 1.71 bits per heavy atom. The molecule has 0 radical (unpaired) electrons. The first-order chi connectivity index (χ1) is 11.7. The zero-order valence-corrected chi connectivity index (χ0v) is 14.2. The molecule has 1 fully saturated rings. The van der Waals surface area contributed by atoms with Crippen molar-refractivity contribution in [3.63, 3.8) is 0 Å². The summed E-state index contributed by atoms with van der Waals surface area (Å²) in [4.78, 5) is 16.9. The van der Waals surface area contributed by atoms with Crippen LogP contribution in [0, 0.1) is 0 Å². The molecule has 0 unspecified atom stereocenters. The predicted molar refractivity (Wildman–Crippen MR) is 97.9 cm³/mol. The number of hydrogen-bond acceptors (Lipinski definition) is 3. The van der Waals surface area contributed by atoms with Crippen LogP contribution in [0.3, 0.4) is 0 Å². The fourth-order valence-electron chi connectivity index (χ4n) is 3.12. The molecule has 0 saturated carbocycles. The molecule has 0 aromatic heterocycles. The van der Waals surface area contributed by atoms with Crippen LogP contribution in [0.25, 0.3) is 0 Å². The van der Waals surface area contributed by atoms with Crippen LogP contribution in [-0.4, -0.2) is 41.9 Å². The molecule has 1 heterocycles. The maximum absolute atomic E-state index is 12.6. The lowest BCUT2D eigenvalue weighted by Gasteiger charge is -2.34. The first-order valence-corrected chi connectivity index (χ1v) is 8.60. The van der Waals surface area contributed by atoms with Gasteiger partial charge in [0.15, 0.2) is 0 Å². The second-order valence-electron chi connectivity index (χ2n) is 6.36. The number of carbonyl (C=O) groups excluding carboxylic acids is 1. The van der Waals surface area contributed by atoms with Crippen LogP contribution in [0.4, 0.5) is 5.69 Å². The van der Waals surface area contributed by atoms with E-state index in [9.17, 15) is 4.79 Å². The van der Waals surface area contributed by atoms with Crippen LogP contribution in [0.1, 0.15) is 28.4 Å². The molecule has 1 saturated heterocycles. The highest BCUT2D eigenvalue weighted by Gasteiger charge is 2.22. The minimum Gasteiger partial charge on any atom is -0.399 e. The molecule has 1 amide bonds. The summed E-state index contributed by atoms with van der Waals surface area (Å²) in [5.74, 6) is 0.140. The highest BCUT2D eigenvalue weighted by atomic mass is 16.2. The van der Waals surface area contributed by atoms with Gasteiger partial charge in [-0.1, -0.05) is 31.2 Å². The van der Waals surface area contributed by atoms with Crippen LogP contribution in [0.2, 0.25) is 0 Å². The minimum atomic E-state index is 0.140. The standard InChI is InChI=1S/C20H25N3O/c1-2-16-6-8-18(9-7-16)20(24)23-12-10-22(11-13-23)15-17-4-3-5-19(21)14-17/h3-9,14H,2,10-13,15,21H2,1H3. The smallest absolute Gasteiger partial charge is 0.253 e. The summed E-state index contributed by atoms with van der Waals surface area (Å²) in [5.41, 5.74) is 9.92. The maximum atomic E-state index is 12.6. The summed E-state index contributed by atoms with van der Waals surface area (Å²) < 4.78 is 0. The molecule has 3 rings (SSSR count). The fourth-order valence-corrected chi connectivity index (χ4v) is 3.12. The van der Waals surface area contributed by atoms with Crippen LogP contribution >= 0.6 is 0 Å². The lowest BCUT2D eigenvalue weighted by molar-refractivity contribution is 0.0628. The number of benzene rings is 2. The molecule has 1 aliphatic heterocycles. The van der Waals surface area contributed by atoms with Crippen molar-refractivity contribution in [1.29, 1.82) is 0 Å². The molecule has 4 nitrogen and oxygen atoms in total. The Bertz CT molecular complexity index is 688. The van der Waals surface area contributed by atoms with E-state index < -0.39 is 0 Å². The van der Waals surface area contributed by atoms with Crippen molar-refractivity contribution in [3.8, 4) is 0 Å². The molecule has 0 spiro atoms. The normalized spacial score (nSPS) is 15.5. The maximum Gasteiger partial charge on any atom is 0.253 e. The summed E-state index contributed by atoms with van der Waals surface area (Å²) in [5, 5.41) is 0. The van der Waals surface area contributed by atoms with Crippen LogP contribution in [0.5, 0.6) is 0 Å². The van der Waals surface area contributed by atoms with E-state index in [1.165, 1.54) is 11.1 Å². The first-order valence-electron chi connectivity index (χ1n) is 8.60. The molecule has 0 bridgehead atoms. The number of hydrogen-bond donors (Lipinski definition) is 1. The summed E-state index contributed by atoms with van der Waals surface area (Å²) >= 11 is 0. The molecule has 2 aromatic rings. The van der Waals surface area contributed by atoms with E-state index in [-0.39, 0.29) is 5.91 Å². The molecule has 0 aliphatic carbocycles. The van der Waals surface area contributed by atoms with Crippen LogP contribution in [0.15, 0.2) is 48.5 Å². The van der Waals surface area contributed by atoms with Gasteiger partial charge in [-0.25, -0.2) is 0 Å². The van der Waals surface area contributed by atoms with E-state index in [0.717, 1.165) is 50.4 Å². The lowest BCUT2D eigenvalue weighted by atomic mass is 10.1. The molecular formula is C20H25N3O. The number of nitrogens with two attached hydrogens (primary N) is 1. The SMILES string of the molecule is CCc1ccc(C(=O)N2CCN(Cc3cccc(N)c3)CC2)cc1. The third kappa shape index (κ3) is 3.95. The zero-order chi connectivity index (χ0) is 16.9. The largest absolute Gasteiger partial charge is 0.399 e. The molecule has 0 atom stereocenters. The van der Waals surface area contributed by atoms with Crippen molar-refractivity contribution in [1.82, 2.24) is 9.80 Å². The van der Waals surface area contributed by atoms with Gasteiger partial charge in [0.2, 0.25) is 0 Å².